The van der Waals surface area contributed by atoms with Crippen LogP contribution in [0.15, 0.2) is 24.4 Å². The predicted octanol–water partition coefficient (Wildman–Crippen LogP) is 2.24. The number of carbonyl (C=O) groups excluding carboxylic acids is 1. The molecular formula is C14H21N3OS. The van der Waals surface area contributed by atoms with E-state index in [1.807, 2.05) is 12.1 Å². The van der Waals surface area contributed by atoms with E-state index in [9.17, 15) is 4.79 Å². The molecule has 1 aliphatic rings. The number of nitrogens with zero attached hydrogens (tertiary/aromatic N) is 2. The number of anilines is 1. The lowest BCUT2D eigenvalue weighted by Crippen LogP contribution is -2.25. The fourth-order valence-electron chi connectivity index (χ4n) is 2.34. The monoisotopic (exact) mass is 279 g/mol. The molecular weight excluding hydrogens is 258 g/mol. The molecule has 1 aromatic rings. The summed E-state index contributed by atoms with van der Waals surface area (Å²) in [5, 5.41) is 2.80. The molecule has 0 aliphatic carbocycles. The number of hydrogen-bond donors (Lipinski definition) is 1. The van der Waals surface area contributed by atoms with Crippen molar-refractivity contribution in [2.75, 3.05) is 30.4 Å². The topological polar surface area (TPSA) is 45.2 Å². The first-order valence-electron chi connectivity index (χ1n) is 6.74. The van der Waals surface area contributed by atoms with Crippen LogP contribution in [0.1, 0.15) is 19.3 Å². The van der Waals surface area contributed by atoms with Crippen LogP contribution in [0.4, 0.5) is 5.82 Å². The minimum absolute atomic E-state index is 0.0310. The fourth-order valence-corrected chi connectivity index (χ4v) is 3.18. The highest BCUT2D eigenvalue weighted by Gasteiger charge is 2.20. The van der Waals surface area contributed by atoms with Crippen molar-refractivity contribution in [1.29, 1.82) is 0 Å². The van der Waals surface area contributed by atoms with Crippen molar-refractivity contribution in [2.24, 2.45) is 0 Å². The van der Waals surface area contributed by atoms with Crippen LogP contribution in [0.2, 0.25) is 0 Å². The average Bonchev–Trinajstić information content (AvgIpc) is 2.81. The van der Waals surface area contributed by atoms with Crippen molar-refractivity contribution in [3.63, 3.8) is 0 Å². The van der Waals surface area contributed by atoms with Gasteiger partial charge < -0.3 is 10.2 Å². The molecule has 19 heavy (non-hydrogen) atoms. The average molecular weight is 279 g/mol. The molecule has 4 nitrogen and oxygen atoms in total. The molecule has 2 rings (SSSR count). The van der Waals surface area contributed by atoms with Crippen LogP contribution < -0.4 is 5.32 Å². The largest absolute Gasteiger partial charge is 0.310 e. The van der Waals surface area contributed by atoms with E-state index in [2.05, 4.69) is 22.2 Å². The molecule has 2 heterocycles. The van der Waals surface area contributed by atoms with E-state index in [0.717, 1.165) is 5.75 Å². The third-order valence-corrected chi connectivity index (χ3v) is 4.42. The smallest absolute Gasteiger partial charge is 0.235 e. The number of amides is 1. The molecule has 0 aromatic carbocycles. The van der Waals surface area contributed by atoms with E-state index in [1.54, 1.807) is 24.0 Å². The molecule has 0 spiro atoms. The SMILES string of the molecule is CN1CCC[C@H]1CCSCC(=O)Nc1ccccn1. The predicted molar refractivity (Wildman–Crippen MR) is 80.5 cm³/mol. The van der Waals surface area contributed by atoms with Crippen molar-refractivity contribution >= 4 is 23.5 Å². The summed E-state index contributed by atoms with van der Waals surface area (Å²) in [6, 6.07) is 6.22. The highest BCUT2D eigenvalue weighted by atomic mass is 32.2. The highest BCUT2D eigenvalue weighted by molar-refractivity contribution is 7.99. The number of rotatable bonds is 6. The Morgan fingerprint density at radius 3 is 3.16 bits per heavy atom. The summed E-state index contributed by atoms with van der Waals surface area (Å²) in [5.41, 5.74) is 0. The third-order valence-electron chi connectivity index (χ3n) is 3.43. The van der Waals surface area contributed by atoms with Crippen LogP contribution in [0.3, 0.4) is 0 Å². The number of hydrogen-bond acceptors (Lipinski definition) is 4. The van der Waals surface area contributed by atoms with Gasteiger partial charge in [-0.15, -0.1) is 0 Å². The number of pyridine rings is 1. The fraction of sp³-hybridized carbons (Fsp3) is 0.571. The Hall–Kier alpha value is -1.07. The number of nitrogens with one attached hydrogen (secondary N) is 1. The molecule has 104 valence electrons. The van der Waals surface area contributed by atoms with Gasteiger partial charge in [0.15, 0.2) is 0 Å². The summed E-state index contributed by atoms with van der Waals surface area (Å²) in [7, 11) is 2.19. The van der Waals surface area contributed by atoms with Gasteiger partial charge >= 0.3 is 0 Å². The van der Waals surface area contributed by atoms with E-state index in [4.69, 9.17) is 0 Å². The van der Waals surface area contributed by atoms with Gasteiger partial charge in [-0.2, -0.15) is 11.8 Å². The maximum atomic E-state index is 11.7. The van der Waals surface area contributed by atoms with Gasteiger partial charge in [-0.05, 0) is 50.7 Å². The molecule has 1 saturated heterocycles. The van der Waals surface area contributed by atoms with E-state index in [0.29, 0.717) is 17.6 Å². The van der Waals surface area contributed by atoms with Gasteiger partial charge in [0.1, 0.15) is 5.82 Å². The molecule has 0 radical (unpaired) electrons. The summed E-state index contributed by atoms with van der Waals surface area (Å²) >= 11 is 1.70. The number of carbonyl (C=O) groups is 1. The Morgan fingerprint density at radius 1 is 1.58 bits per heavy atom. The van der Waals surface area contributed by atoms with Crippen molar-refractivity contribution in [3.05, 3.63) is 24.4 Å². The van der Waals surface area contributed by atoms with Crippen LogP contribution >= 0.6 is 11.8 Å². The van der Waals surface area contributed by atoms with Crippen LogP contribution in [0, 0.1) is 0 Å². The van der Waals surface area contributed by atoms with Gasteiger partial charge in [-0.1, -0.05) is 6.07 Å². The summed E-state index contributed by atoms with van der Waals surface area (Å²) in [5.74, 6) is 2.21. The lowest BCUT2D eigenvalue weighted by molar-refractivity contribution is -0.113. The Labute approximate surface area is 119 Å². The molecule has 1 N–H and O–H groups in total. The highest BCUT2D eigenvalue weighted by Crippen LogP contribution is 2.19. The van der Waals surface area contributed by atoms with E-state index >= 15 is 0 Å². The number of likely N-dealkylation sites (tertiary alicyclic amines) is 1. The molecule has 1 aliphatic heterocycles. The normalized spacial score (nSPS) is 19.5. The molecule has 1 atom stereocenters. The van der Waals surface area contributed by atoms with Gasteiger partial charge in [0.05, 0.1) is 5.75 Å². The lowest BCUT2D eigenvalue weighted by Gasteiger charge is -2.18. The molecule has 0 bridgehead atoms. The third kappa shape index (κ3) is 4.84. The number of thioether (sulfide) groups is 1. The second-order valence-electron chi connectivity index (χ2n) is 4.88. The van der Waals surface area contributed by atoms with E-state index in [-0.39, 0.29) is 5.91 Å². The first-order valence-corrected chi connectivity index (χ1v) is 7.90. The summed E-state index contributed by atoms with van der Waals surface area (Å²) < 4.78 is 0. The van der Waals surface area contributed by atoms with Crippen LogP contribution in [0.25, 0.3) is 0 Å². The van der Waals surface area contributed by atoms with Gasteiger partial charge in [-0.25, -0.2) is 4.98 Å². The summed E-state index contributed by atoms with van der Waals surface area (Å²) in [4.78, 5) is 18.2. The standard InChI is InChI=1S/C14H21N3OS/c1-17-9-4-5-12(17)7-10-19-11-14(18)16-13-6-2-3-8-15-13/h2-3,6,8,12H,4-5,7,9-11H2,1H3,(H,15,16,18)/t12-/m0/s1. The van der Waals surface area contributed by atoms with E-state index < -0.39 is 0 Å². The Morgan fingerprint density at radius 2 is 2.47 bits per heavy atom. The maximum Gasteiger partial charge on any atom is 0.235 e. The number of aromatic nitrogens is 1. The Bertz CT molecular complexity index is 399. The molecule has 1 amide bonds. The van der Waals surface area contributed by atoms with Crippen LogP contribution in [-0.2, 0) is 4.79 Å². The minimum Gasteiger partial charge on any atom is -0.310 e. The molecule has 1 aromatic heterocycles. The van der Waals surface area contributed by atoms with Crippen molar-refractivity contribution in [1.82, 2.24) is 9.88 Å². The zero-order valence-corrected chi connectivity index (χ0v) is 12.2. The van der Waals surface area contributed by atoms with E-state index in [1.165, 1.54) is 25.8 Å². The van der Waals surface area contributed by atoms with Gasteiger partial charge in [0, 0.05) is 12.2 Å². The van der Waals surface area contributed by atoms with Gasteiger partial charge in [0.2, 0.25) is 5.91 Å². The second kappa shape index (κ2) is 7.50. The van der Waals surface area contributed by atoms with Crippen LogP contribution in [0.5, 0.6) is 0 Å². The quantitative estimate of drug-likeness (QED) is 0.811. The minimum atomic E-state index is 0.0310. The first kappa shape index (κ1) is 14.3. The second-order valence-corrected chi connectivity index (χ2v) is 5.99. The van der Waals surface area contributed by atoms with Gasteiger partial charge in [0.25, 0.3) is 0 Å². The Balaban J connectivity index is 1.59. The Kier molecular flexibility index (Phi) is 5.66. The summed E-state index contributed by atoms with van der Waals surface area (Å²) in [6.45, 7) is 1.22. The van der Waals surface area contributed by atoms with Crippen molar-refractivity contribution in [2.45, 2.75) is 25.3 Å². The van der Waals surface area contributed by atoms with Crippen molar-refractivity contribution in [3.8, 4) is 0 Å². The zero-order valence-electron chi connectivity index (χ0n) is 11.3. The molecule has 0 unspecified atom stereocenters. The molecule has 1 fully saturated rings. The maximum absolute atomic E-state index is 11.7. The van der Waals surface area contributed by atoms with Crippen LogP contribution in [-0.4, -0.2) is 46.9 Å². The van der Waals surface area contributed by atoms with Crippen molar-refractivity contribution < 1.29 is 4.79 Å². The zero-order chi connectivity index (χ0) is 13.5. The molecule has 5 heteroatoms. The first-order chi connectivity index (χ1) is 9.25. The van der Waals surface area contributed by atoms with Gasteiger partial charge in [-0.3, -0.25) is 4.79 Å². The summed E-state index contributed by atoms with van der Waals surface area (Å²) in [6.07, 6.45) is 5.47. The lowest BCUT2D eigenvalue weighted by atomic mass is 10.2. The molecule has 0 saturated carbocycles.